The van der Waals surface area contributed by atoms with Crippen molar-refractivity contribution >= 4 is 5.57 Å². The standard InChI is InChI=1S/C27H30F4O/c1-3-5-6-7-20-12-14-22(26(30)24(20)28)18-8-10-19(11-9-18)23-15-13-21(16-17-32-4-2)25(29)27(23)31/h3,5,10,12-15,18H,4,6-9,11,16-17H2,1-2H3/b5-3+. The highest BCUT2D eigenvalue weighted by atomic mass is 19.2. The van der Waals surface area contributed by atoms with Crippen molar-refractivity contribution in [2.24, 2.45) is 0 Å². The summed E-state index contributed by atoms with van der Waals surface area (Å²) in [5, 5.41) is 0. The highest BCUT2D eigenvalue weighted by Gasteiger charge is 2.25. The lowest BCUT2D eigenvalue weighted by Gasteiger charge is -2.24. The minimum atomic E-state index is -0.855. The van der Waals surface area contributed by atoms with Crippen molar-refractivity contribution in [1.82, 2.24) is 0 Å². The van der Waals surface area contributed by atoms with E-state index >= 15 is 0 Å². The quantitative estimate of drug-likeness (QED) is 0.218. The molecule has 32 heavy (non-hydrogen) atoms. The Morgan fingerprint density at radius 3 is 2.34 bits per heavy atom. The Labute approximate surface area is 187 Å². The zero-order chi connectivity index (χ0) is 23.1. The van der Waals surface area contributed by atoms with Crippen LogP contribution in [0.4, 0.5) is 17.6 Å². The molecule has 0 amide bonds. The van der Waals surface area contributed by atoms with Crippen molar-refractivity contribution in [2.45, 2.75) is 58.3 Å². The lowest BCUT2D eigenvalue weighted by Crippen LogP contribution is -2.10. The van der Waals surface area contributed by atoms with E-state index in [-0.39, 0.29) is 11.5 Å². The van der Waals surface area contributed by atoms with Gasteiger partial charge in [0.1, 0.15) is 0 Å². The number of hydrogen-bond donors (Lipinski definition) is 0. The first-order valence-electron chi connectivity index (χ1n) is 11.3. The van der Waals surface area contributed by atoms with E-state index in [1.54, 1.807) is 24.3 Å². The van der Waals surface area contributed by atoms with Crippen molar-refractivity contribution in [3.63, 3.8) is 0 Å². The first-order chi connectivity index (χ1) is 15.5. The third kappa shape index (κ3) is 5.50. The van der Waals surface area contributed by atoms with Crippen LogP contribution in [0.5, 0.6) is 0 Å². The average Bonchev–Trinajstić information content (AvgIpc) is 2.80. The first kappa shape index (κ1) is 24.2. The predicted octanol–water partition coefficient (Wildman–Crippen LogP) is 7.68. The molecular weight excluding hydrogens is 416 g/mol. The van der Waals surface area contributed by atoms with Crippen LogP contribution in [0.15, 0.2) is 42.5 Å². The third-order valence-electron chi connectivity index (χ3n) is 6.09. The normalized spacial score (nSPS) is 16.6. The molecule has 1 unspecified atom stereocenters. The van der Waals surface area contributed by atoms with Crippen LogP contribution in [0.2, 0.25) is 0 Å². The second-order valence-corrected chi connectivity index (χ2v) is 8.10. The minimum Gasteiger partial charge on any atom is -0.381 e. The number of rotatable bonds is 9. The van der Waals surface area contributed by atoms with Gasteiger partial charge in [-0.2, -0.15) is 0 Å². The summed E-state index contributed by atoms with van der Waals surface area (Å²) in [5.74, 6) is -3.45. The van der Waals surface area contributed by atoms with E-state index in [1.807, 2.05) is 32.1 Å². The Bertz CT molecular complexity index is 994. The molecule has 0 N–H and O–H groups in total. The molecule has 2 aromatic carbocycles. The zero-order valence-corrected chi connectivity index (χ0v) is 18.7. The van der Waals surface area contributed by atoms with Gasteiger partial charge in [0.25, 0.3) is 0 Å². The van der Waals surface area contributed by atoms with E-state index in [0.717, 1.165) is 0 Å². The second-order valence-electron chi connectivity index (χ2n) is 8.10. The number of ether oxygens (including phenoxy) is 1. The van der Waals surface area contributed by atoms with Gasteiger partial charge in [0.05, 0.1) is 6.61 Å². The van der Waals surface area contributed by atoms with E-state index < -0.39 is 23.3 Å². The molecule has 0 fully saturated rings. The van der Waals surface area contributed by atoms with E-state index in [0.29, 0.717) is 74.0 Å². The Kier molecular flexibility index (Phi) is 8.68. The number of aryl methyl sites for hydroxylation is 1. The van der Waals surface area contributed by atoms with E-state index in [9.17, 15) is 17.6 Å². The summed E-state index contributed by atoms with van der Waals surface area (Å²) >= 11 is 0. The molecule has 1 atom stereocenters. The summed E-state index contributed by atoms with van der Waals surface area (Å²) < 4.78 is 63.6. The molecule has 0 aromatic heterocycles. The topological polar surface area (TPSA) is 9.23 Å². The van der Waals surface area contributed by atoms with Crippen LogP contribution in [0.25, 0.3) is 5.57 Å². The number of halogens is 4. The van der Waals surface area contributed by atoms with Crippen molar-refractivity contribution < 1.29 is 22.3 Å². The molecule has 1 aliphatic rings. The van der Waals surface area contributed by atoms with E-state index in [1.165, 1.54) is 0 Å². The van der Waals surface area contributed by atoms with Crippen LogP contribution >= 0.6 is 0 Å². The lowest BCUT2D eigenvalue weighted by atomic mass is 9.81. The second kappa shape index (κ2) is 11.5. The molecule has 0 aliphatic heterocycles. The Hall–Kier alpha value is -2.40. The summed E-state index contributed by atoms with van der Waals surface area (Å²) in [4.78, 5) is 0. The lowest BCUT2D eigenvalue weighted by molar-refractivity contribution is 0.150. The van der Waals surface area contributed by atoms with Crippen molar-refractivity contribution in [1.29, 1.82) is 0 Å². The van der Waals surface area contributed by atoms with Crippen LogP contribution < -0.4 is 0 Å². The molecule has 0 saturated carbocycles. The number of hydrogen-bond acceptors (Lipinski definition) is 1. The van der Waals surface area contributed by atoms with Gasteiger partial charge in [0, 0.05) is 12.2 Å². The molecule has 1 aliphatic carbocycles. The third-order valence-corrected chi connectivity index (χ3v) is 6.09. The van der Waals surface area contributed by atoms with Gasteiger partial charge < -0.3 is 4.74 Å². The smallest absolute Gasteiger partial charge is 0.166 e. The molecule has 3 rings (SSSR count). The zero-order valence-electron chi connectivity index (χ0n) is 18.7. The Balaban J connectivity index is 1.73. The molecule has 2 aromatic rings. The Morgan fingerprint density at radius 1 is 0.938 bits per heavy atom. The molecule has 0 radical (unpaired) electrons. The van der Waals surface area contributed by atoms with Crippen molar-refractivity contribution in [2.75, 3.05) is 13.2 Å². The van der Waals surface area contributed by atoms with Crippen molar-refractivity contribution in [3.8, 4) is 0 Å². The van der Waals surface area contributed by atoms with Gasteiger partial charge >= 0.3 is 0 Å². The first-order valence-corrected chi connectivity index (χ1v) is 11.3. The van der Waals surface area contributed by atoms with Gasteiger partial charge in [-0.3, -0.25) is 0 Å². The molecule has 1 nitrogen and oxygen atoms in total. The van der Waals surface area contributed by atoms with Gasteiger partial charge in [0.2, 0.25) is 0 Å². The molecule has 0 spiro atoms. The van der Waals surface area contributed by atoms with Gasteiger partial charge in [-0.05, 0) is 80.6 Å². The van der Waals surface area contributed by atoms with Gasteiger partial charge in [-0.25, -0.2) is 17.6 Å². The maximum absolute atomic E-state index is 14.7. The molecular formula is C27H30F4O. The van der Waals surface area contributed by atoms with Crippen LogP contribution in [-0.4, -0.2) is 13.2 Å². The summed E-state index contributed by atoms with van der Waals surface area (Å²) in [7, 11) is 0. The van der Waals surface area contributed by atoms with Gasteiger partial charge in [-0.1, -0.05) is 42.5 Å². The SMILES string of the molecule is C/C=C/CCc1ccc(C2CC=C(c3ccc(CCOCC)c(F)c3F)CC2)c(F)c1F. The predicted molar refractivity (Wildman–Crippen MR) is 121 cm³/mol. The summed E-state index contributed by atoms with van der Waals surface area (Å²) in [5.41, 5.74) is 1.97. The maximum Gasteiger partial charge on any atom is 0.166 e. The summed E-state index contributed by atoms with van der Waals surface area (Å²) in [6, 6.07) is 6.53. The largest absolute Gasteiger partial charge is 0.381 e. The average molecular weight is 447 g/mol. The highest BCUT2D eigenvalue weighted by Crippen LogP contribution is 2.39. The number of allylic oxidation sites excluding steroid dienone is 4. The van der Waals surface area contributed by atoms with Crippen LogP contribution in [-0.2, 0) is 17.6 Å². The molecule has 5 heteroatoms. The Morgan fingerprint density at radius 2 is 1.66 bits per heavy atom. The fourth-order valence-corrected chi connectivity index (χ4v) is 4.24. The molecule has 172 valence electrons. The van der Waals surface area contributed by atoms with Crippen LogP contribution in [0, 0.1) is 23.3 Å². The van der Waals surface area contributed by atoms with Gasteiger partial charge in [-0.15, -0.1) is 0 Å². The fourth-order valence-electron chi connectivity index (χ4n) is 4.24. The van der Waals surface area contributed by atoms with Crippen LogP contribution in [0.1, 0.15) is 67.7 Å². The summed E-state index contributed by atoms with van der Waals surface area (Å²) in [6.07, 6.45) is 8.54. The van der Waals surface area contributed by atoms with Crippen LogP contribution in [0.3, 0.4) is 0 Å². The number of benzene rings is 2. The maximum atomic E-state index is 14.7. The fraction of sp³-hybridized carbons (Fsp3) is 0.407. The summed E-state index contributed by atoms with van der Waals surface area (Å²) in [6.45, 7) is 4.61. The van der Waals surface area contributed by atoms with E-state index in [4.69, 9.17) is 4.74 Å². The van der Waals surface area contributed by atoms with Crippen molar-refractivity contribution in [3.05, 3.63) is 88.0 Å². The minimum absolute atomic E-state index is 0.184. The highest BCUT2D eigenvalue weighted by molar-refractivity contribution is 5.67. The molecule has 0 heterocycles. The monoisotopic (exact) mass is 446 g/mol. The molecule has 0 saturated heterocycles. The van der Waals surface area contributed by atoms with Gasteiger partial charge in [0.15, 0.2) is 23.3 Å². The molecule has 0 bridgehead atoms. The van der Waals surface area contributed by atoms with E-state index in [2.05, 4.69) is 0 Å².